The highest BCUT2D eigenvalue weighted by Gasteiger charge is 2.16. The lowest BCUT2D eigenvalue weighted by Gasteiger charge is -2.15. The molecule has 0 saturated heterocycles. The van der Waals surface area contributed by atoms with Gasteiger partial charge in [0, 0.05) is 6.54 Å². The van der Waals surface area contributed by atoms with Crippen LogP contribution in [0.25, 0.3) is 0 Å². The van der Waals surface area contributed by atoms with Crippen LogP contribution in [0.2, 0.25) is 0 Å². The molecule has 0 aromatic heterocycles. The Bertz CT molecular complexity index is 518. The van der Waals surface area contributed by atoms with Gasteiger partial charge in [0.05, 0.1) is 6.61 Å². The monoisotopic (exact) mass is 364 g/mol. The van der Waals surface area contributed by atoms with Crippen molar-refractivity contribution >= 4 is 12.1 Å². The Morgan fingerprint density at radius 3 is 2.42 bits per heavy atom. The summed E-state index contributed by atoms with van der Waals surface area (Å²) in [5.41, 5.74) is 6.80. The molecular weight excluding hydrogens is 332 g/mol. The van der Waals surface area contributed by atoms with Crippen LogP contribution in [0, 0.1) is 5.92 Å². The number of unbranched alkanes of at least 4 members (excludes halogenated alkanes) is 1. The van der Waals surface area contributed by atoms with Gasteiger partial charge in [-0.05, 0) is 30.7 Å². The molecule has 1 rings (SSSR count). The van der Waals surface area contributed by atoms with Gasteiger partial charge in [0.25, 0.3) is 0 Å². The number of hydrogen-bond donors (Lipinski definition) is 2. The summed E-state index contributed by atoms with van der Waals surface area (Å²) >= 11 is 0. The van der Waals surface area contributed by atoms with Gasteiger partial charge in [0.15, 0.2) is 0 Å². The lowest BCUT2D eigenvalue weighted by Crippen LogP contribution is -2.33. The third kappa shape index (κ3) is 9.42. The van der Waals surface area contributed by atoms with E-state index in [-0.39, 0.29) is 12.6 Å². The van der Waals surface area contributed by atoms with Crippen LogP contribution in [0.4, 0.5) is 4.79 Å². The van der Waals surface area contributed by atoms with E-state index >= 15 is 0 Å². The van der Waals surface area contributed by atoms with Crippen LogP contribution in [0.3, 0.4) is 0 Å². The minimum atomic E-state index is -0.602. The molecule has 0 bridgehead atoms. The van der Waals surface area contributed by atoms with Gasteiger partial charge in [-0.3, -0.25) is 4.79 Å². The number of carbonyl (C=O) groups excluding carboxylic acids is 2. The minimum absolute atomic E-state index is 0.250. The van der Waals surface area contributed by atoms with E-state index in [4.69, 9.17) is 15.2 Å². The van der Waals surface area contributed by atoms with E-state index in [0.29, 0.717) is 25.5 Å². The molecule has 1 atom stereocenters. The molecule has 0 heterocycles. The van der Waals surface area contributed by atoms with Crippen molar-refractivity contribution < 1.29 is 19.1 Å². The standard InChI is InChI=1S/C20H32N2O4/c1-3-16(4-2)14-25-19(23)18(21)12-8-9-13-22-20(24)26-15-17-10-6-5-7-11-17/h5-7,10-11,16,18H,3-4,8-9,12-15,21H2,1-2H3,(H,22,24). The molecular formula is C20H32N2O4. The predicted octanol–water partition coefficient (Wildman–Crippen LogP) is 3.39. The number of carbonyl (C=O) groups is 2. The molecule has 0 saturated carbocycles. The van der Waals surface area contributed by atoms with Crippen molar-refractivity contribution in [3.05, 3.63) is 35.9 Å². The van der Waals surface area contributed by atoms with Crippen molar-refractivity contribution in [3.8, 4) is 0 Å². The van der Waals surface area contributed by atoms with Gasteiger partial charge in [0.2, 0.25) is 0 Å². The molecule has 1 aromatic rings. The highest BCUT2D eigenvalue weighted by molar-refractivity contribution is 5.75. The van der Waals surface area contributed by atoms with Crippen LogP contribution in [0.5, 0.6) is 0 Å². The number of amides is 1. The number of nitrogens with one attached hydrogen (secondary N) is 1. The van der Waals surface area contributed by atoms with Crippen molar-refractivity contribution in [2.75, 3.05) is 13.2 Å². The van der Waals surface area contributed by atoms with E-state index in [1.54, 1.807) is 0 Å². The molecule has 3 N–H and O–H groups in total. The molecule has 1 amide bonds. The lowest BCUT2D eigenvalue weighted by molar-refractivity contribution is -0.146. The molecule has 1 aromatic carbocycles. The topological polar surface area (TPSA) is 90.6 Å². The lowest BCUT2D eigenvalue weighted by atomic mass is 10.1. The maximum absolute atomic E-state index is 11.8. The van der Waals surface area contributed by atoms with Gasteiger partial charge >= 0.3 is 12.1 Å². The number of hydrogen-bond acceptors (Lipinski definition) is 5. The van der Waals surface area contributed by atoms with Crippen molar-refractivity contribution in [3.63, 3.8) is 0 Å². The van der Waals surface area contributed by atoms with E-state index in [1.165, 1.54) is 0 Å². The molecule has 0 aliphatic carbocycles. The first kappa shape index (κ1) is 22.0. The van der Waals surface area contributed by atoms with E-state index in [2.05, 4.69) is 19.2 Å². The van der Waals surface area contributed by atoms with Crippen molar-refractivity contribution in [1.82, 2.24) is 5.32 Å². The molecule has 0 aliphatic rings. The molecule has 0 fully saturated rings. The van der Waals surface area contributed by atoms with Gasteiger partial charge in [-0.25, -0.2) is 4.79 Å². The summed E-state index contributed by atoms with van der Waals surface area (Å²) in [4.78, 5) is 23.4. The molecule has 146 valence electrons. The number of ether oxygens (including phenoxy) is 2. The first-order chi connectivity index (χ1) is 12.6. The zero-order valence-electron chi connectivity index (χ0n) is 15.9. The van der Waals surface area contributed by atoms with Gasteiger partial charge in [-0.2, -0.15) is 0 Å². The van der Waals surface area contributed by atoms with Crippen LogP contribution in [0.15, 0.2) is 30.3 Å². The fourth-order valence-electron chi connectivity index (χ4n) is 2.40. The average molecular weight is 364 g/mol. The highest BCUT2D eigenvalue weighted by atomic mass is 16.5. The fraction of sp³-hybridized carbons (Fsp3) is 0.600. The molecule has 1 unspecified atom stereocenters. The second-order valence-electron chi connectivity index (χ2n) is 6.40. The summed E-state index contributed by atoms with van der Waals surface area (Å²) in [5, 5.41) is 2.69. The first-order valence-corrected chi connectivity index (χ1v) is 9.43. The molecule has 26 heavy (non-hydrogen) atoms. The summed E-state index contributed by atoms with van der Waals surface area (Å²) in [6.45, 7) is 5.34. The van der Waals surface area contributed by atoms with Crippen LogP contribution < -0.4 is 11.1 Å². The maximum Gasteiger partial charge on any atom is 0.407 e. The number of benzene rings is 1. The Morgan fingerprint density at radius 2 is 1.77 bits per heavy atom. The Labute approximate surface area is 156 Å². The van der Waals surface area contributed by atoms with Crippen LogP contribution in [-0.2, 0) is 20.9 Å². The van der Waals surface area contributed by atoms with Gasteiger partial charge in [-0.15, -0.1) is 0 Å². The first-order valence-electron chi connectivity index (χ1n) is 9.43. The van der Waals surface area contributed by atoms with E-state index in [0.717, 1.165) is 31.2 Å². The molecule has 6 heteroatoms. The quantitative estimate of drug-likeness (QED) is 0.438. The van der Waals surface area contributed by atoms with Crippen molar-refractivity contribution in [2.24, 2.45) is 11.7 Å². The SMILES string of the molecule is CCC(CC)COC(=O)C(N)CCCCNC(=O)OCc1ccccc1. The third-order valence-corrected chi connectivity index (χ3v) is 4.34. The predicted molar refractivity (Wildman–Crippen MR) is 101 cm³/mol. The second-order valence-corrected chi connectivity index (χ2v) is 6.40. The smallest absolute Gasteiger partial charge is 0.407 e. The largest absolute Gasteiger partial charge is 0.464 e. The molecule has 0 spiro atoms. The summed E-state index contributed by atoms with van der Waals surface area (Å²) < 4.78 is 10.4. The van der Waals surface area contributed by atoms with Gasteiger partial charge < -0.3 is 20.5 Å². The number of alkyl carbamates (subject to hydrolysis) is 1. The fourth-order valence-corrected chi connectivity index (χ4v) is 2.40. The molecule has 0 aliphatic heterocycles. The number of rotatable bonds is 12. The summed E-state index contributed by atoms with van der Waals surface area (Å²) in [6.07, 6.45) is 3.55. The Hall–Kier alpha value is -2.08. The zero-order chi connectivity index (χ0) is 19.2. The summed E-state index contributed by atoms with van der Waals surface area (Å²) in [6, 6.07) is 8.91. The average Bonchev–Trinajstić information content (AvgIpc) is 2.67. The van der Waals surface area contributed by atoms with Crippen molar-refractivity contribution in [2.45, 2.75) is 58.6 Å². The number of nitrogens with two attached hydrogens (primary N) is 1. The van der Waals surface area contributed by atoms with Crippen molar-refractivity contribution in [1.29, 1.82) is 0 Å². The molecule has 0 radical (unpaired) electrons. The summed E-state index contributed by atoms with van der Waals surface area (Å²) in [7, 11) is 0. The van der Waals surface area contributed by atoms with E-state index < -0.39 is 12.1 Å². The Morgan fingerprint density at radius 1 is 1.08 bits per heavy atom. The van der Waals surface area contributed by atoms with Gasteiger partial charge in [0.1, 0.15) is 12.6 Å². The summed E-state index contributed by atoms with van der Waals surface area (Å²) in [5.74, 6) is 0.0596. The zero-order valence-corrected chi connectivity index (χ0v) is 15.9. The normalized spacial score (nSPS) is 11.8. The van der Waals surface area contributed by atoms with Crippen LogP contribution in [0.1, 0.15) is 51.5 Å². The Balaban J connectivity index is 2.06. The van der Waals surface area contributed by atoms with E-state index in [9.17, 15) is 9.59 Å². The van der Waals surface area contributed by atoms with E-state index in [1.807, 2.05) is 30.3 Å². The highest BCUT2D eigenvalue weighted by Crippen LogP contribution is 2.09. The Kier molecular flexibility index (Phi) is 11.1. The van der Waals surface area contributed by atoms with Crippen LogP contribution in [-0.4, -0.2) is 31.3 Å². The maximum atomic E-state index is 11.8. The molecule has 6 nitrogen and oxygen atoms in total. The number of esters is 1. The van der Waals surface area contributed by atoms with Gasteiger partial charge in [-0.1, -0.05) is 57.0 Å². The third-order valence-electron chi connectivity index (χ3n) is 4.34. The second kappa shape index (κ2) is 13.2. The van der Waals surface area contributed by atoms with Crippen LogP contribution >= 0.6 is 0 Å². The minimum Gasteiger partial charge on any atom is -0.464 e.